The smallest absolute Gasteiger partial charge is 0.350 e. The quantitative estimate of drug-likeness (QED) is 0.768. The number of nitrogen functional groups attached to an aromatic ring is 1. The van der Waals surface area contributed by atoms with Crippen LogP contribution in [0, 0.1) is 11.7 Å². The number of benzene rings is 1. The van der Waals surface area contributed by atoms with Crippen LogP contribution in [0.1, 0.15) is 39.2 Å². The molecule has 2 aliphatic rings. The van der Waals surface area contributed by atoms with Gasteiger partial charge in [-0.1, -0.05) is 11.6 Å². The van der Waals surface area contributed by atoms with Crippen LogP contribution in [0.4, 0.5) is 10.1 Å². The normalized spacial score (nSPS) is 20.6. The second-order valence-electron chi connectivity index (χ2n) is 8.23. The summed E-state index contributed by atoms with van der Waals surface area (Å²) < 4.78 is 16.9. The lowest BCUT2D eigenvalue weighted by molar-refractivity contribution is 0.348. The molecule has 4 N–H and O–H groups in total. The number of hydrogen-bond donors (Lipinski definition) is 2. The fourth-order valence-electron chi connectivity index (χ4n) is 3.96. The number of aromatic nitrogens is 2. The van der Waals surface area contributed by atoms with Gasteiger partial charge in [0.15, 0.2) is 0 Å². The van der Waals surface area contributed by atoms with Gasteiger partial charge in [0.2, 0.25) is 0 Å². The van der Waals surface area contributed by atoms with Crippen molar-refractivity contribution >= 4 is 28.2 Å². The van der Waals surface area contributed by atoms with Gasteiger partial charge in [0, 0.05) is 24.7 Å². The zero-order valence-electron chi connectivity index (χ0n) is 15.3. The molecular weight excluding hydrogens is 373 g/mol. The molecule has 146 valence electrons. The molecule has 0 bridgehead atoms. The summed E-state index contributed by atoms with van der Waals surface area (Å²) in [4.78, 5) is 26.8. The Hall–Kier alpha value is -2.06. The first kappa shape index (κ1) is 18.3. The molecule has 2 aromatic rings. The monoisotopic (exact) mass is 395 g/mol. The fourth-order valence-corrected chi connectivity index (χ4v) is 4.36. The van der Waals surface area contributed by atoms with Gasteiger partial charge < -0.3 is 16.5 Å². The highest BCUT2D eigenvalue weighted by Gasteiger charge is 2.36. The summed E-state index contributed by atoms with van der Waals surface area (Å²) in [5.74, 6) is 5.21. The molecule has 0 amide bonds. The minimum absolute atomic E-state index is 0.0187. The van der Waals surface area contributed by atoms with Crippen LogP contribution in [-0.2, 0) is 0 Å². The highest BCUT2D eigenvalue weighted by Crippen LogP contribution is 2.42. The summed E-state index contributed by atoms with van der Waals surface area (Å²) in [6, 6.07) is 1.07. The lowest BCUT2D eigenvalue weighted by atomic mass is 9.88. The van der Waals surface area contributed by atoms with E-state index in [0.717, 1.165) is 25.3 Å². The van der Waals surface area contributed by atoms with Crippen molar-refractivity contribution in [2.24, 2.45) is 11.7 Å². The van der Waals surface area contributed by atoms with Gasteiger partial charge >= 0.3 is 5.69 Å². The van der Waals surface area contributed by atoms with Gasteiger partial charge in [-0.3, -0.25) is 9.36 Å². The minimum atomic E-state index is -0.748. The van der Waals surface area contributed by atoms with Crippen LogP contribution >= 0.6 is 11.6 Å². The minimum Gasteiger partial charge on any atom is -0.368 e. The van der Waals surface area contributed by atoms with Crippen LogP contribution in [0.25, 0.3) is 10.9 Å². The van der Waals surface area contributed by atoms with Gasteiger partial charge in [-0.2, -0.15) is 4.68 Å². The van der Waals surface area contributed by atoms with Gasteiger partial charge in [-0.05, 0) is 45.1 Å². The number of halogens is 2. The third-order valence-electron chi connectivity index (χ3n) is 5.74. The SMILES string of the molecule is CC(C)(N)[C@@H]1CCN(c2c(F)cc3c(=O)n(N)c(=O)n(C4CC4)c3c2Cl)C1. The van der Waals surface area contributed by atoms with E-state index >= 15 is 0 Å². The van der Waals surface area contributed by atoms with E-state index in [0.29, 0.717) is 17.8 Å². The summed E-state index contributed by atoms with van der Waals surface area (Å²) in [6.45, 7) is 5.07. The van der Waals surface area contributed by atoms with Gasteiger partial charge in [0.05, 0.1) is 21.6 Å². The van der Waals surface area contributed by atoms with Crippen molar-refractivity contribution in [1.82, 2.24) is 9.24 Å². The van der Waals surface area contributed by atoms with E-state index in [1.54, 1.807) is 0 Å². The van der Waals surface area contributed by atoms with Crippen molar-refractivity contribution in [3.63, 3.8) is 0 Å². The highest BCUT2D eigenvalue weighted by atomic mass is 35.5. The van der Waals surface area contributed by atoms with Crippen molar-refractivity contribution in [3.8, 4) is 0 Å². The molecular formula is C18H23ClFN5O2. The fraction of sp³-hybridized carbons (Fsp3) is 0.556. The summed E-state index contributed by atoms with van der Waals surface area (Å²) in [6.07, 6.45) is 2.41. The van der Waals surface area contributed by atoms with Crippen molar-refractivity contribution in [1.29, 1.82) is 0 Å². The average molecular weight is 396 g/mol. The van der Waals surface area contributed by atoms with Crippen molar-refractivity contribution in [2.75, 3.05) is 23.8 Å². The number of hydrogen-bond acceptors (Lipinski definition) is 5. The van der Waals surface area contributed by atoms with Gasteiger partial charge in [0.1, 0.15) is 5.82 Å². The largest absolute Gasteiger partial charge is 0.368 e. The van der Waals surface area contributed by atoms with E-state index < -0.39 is 22.6 Å². The van der Waals surface area contributed by atoms with Crippen LogP contribution in [0.15, 0.2) is 15.7 Å². The van der Waals surface area contributed by atoms with Gasteiger partial charge in [0.25, 0.3) is 5.56 Å². The summed E-state index contributed by atoms with van der Waals surface area (Å²) in [7, 11) is 0. The molecule has 1 aliphatic heterocycles. The lowest BCUT2D eigenvalue weighted by Crippen LogP contribution is -2.44. The highest BCUT2D eigenvalue weighted by molar-refractivity contribution is 6.38. The predicted molar refractivity (Wildman–Crippen MR) is 104 cm³/mol. The van der Waals surface area contributed by atoms with Crippen LogP contribution in [0.2, 0.25) is 5.02 Å². The van der Waals surface area contributed by atoms with E-state index in [-0.39, 0.29) is 33.6 Å². The molecule has 27 heavy (non-hydrogen) atoms. The van der Waals surface area contributed by atoms with Crippen molar-refractivity contribution in [2.45, 2.75) is 44.7 Å². The molecule has 7 nitrogen and oxygen atoms in total. The number of anilines is 1. The Morgan fingerprint density at radius 1 is 1.26 bits per heavy atom. The molecule has 1 aliphatic carbocycles. The second-order valence-corrected chi connectivity index (χ2v) is 8.61. The molecule has 1 aromatic heterocycles. The van der Waals surface area contributed by atoms with Gasteiger partial charge in [-0.25, -0.2) is 9.18 Å². The van der Waals surface area contributed by atoms with Crippen LogP contribution in [-0.4, -0.2) is 27.9 Å². The van der Waals surface area contributed by atoms with E-state index in [2.05, 4.69) is 0 Å². The Morgan fingerprint density at radius 2 is 1.93 bits per heavy atom. The molecule has 2 heterocycles. The maximum atomic E-state index is 15.0. The molecule has 1 saturated carbocycles. The average Bonchev–Trinajstić information content (AvgIpc) is 3.29. The first-order chi connectivity index (χ1) is 12.6. The molecule has 1 aromatic carbocycles. The molecule has 2 fully saturated rings. The van der Waals surface area contributed by atoms with E-state index in [9.17, 15) is 14.0 Å². The van der Waals surface area contributed by atoms with Crippen molar-refractivity contribution in [3.05, 3.63) is 37.7 Å². The van der Waals surface area contributed by atoms with E-state index in [1.807, 2.05) is 18.7 Å². The second kappa shape index (κ2) is 5.97. The van der Waals surface area contributed by atoms with Crippen LogP contribution in [0.5, 0.6) is 0 Å². The zero-order chi connectivity index (χ0) is 19.7. The number of nitrogens with zero attached hydrogens (tertiary/aromatic N) is 3. The molecule has 0 spiro atoms. The molecule has 0 unspecified atom stereocenters. The Bertz CT molecular complexity index is 1050. The van der Waals surface area contributed by atoms with Gasteiger partial charge in [-0.15, -0.1) is 0 Å². The third kappa shape index (κ3) is 2.82. The van der Waals surface area contributed by atoms with Crippen molar-refractivity contribution < 1.29 is 4.39 Å². The first-order valence-corrected chi connectivity index (χ1v) is 9.47. The standard InChI is InChI=1S/C18H23ClFN5O2/c1-18(2,21)9-5-6-23(8-9)15-12(20)7-11-14(13(15)19)24(10-3-4-10)17(27)25(22)16(11)26/h7,9-10H,3-6,8,21-22H2,1-2H3/t9-/m1/s1. The predicted octanol–water partition coefficient (Wildman–Crippen LogP) is 1.57. The Labute approximate surface area is 160 Å². The molecule has 1 atom stereocenters. The molecule has 1 saturated heterocycles. The topological polar surface area (TPSA) is 99.3 Å². The van der Waals surface area contributed by atoms with E-state index in [1.165, 1.54) is 4.57 Å². The molecule has 9 heteroatoms. The summed E-state index contributed by atoms with van der Waals surface area (Å²) >= 11 is 6.60. The number of nitrogens with two attached hydrogens (primary N) is 2. The molecule has 0 radical (unpaired) electrons. The third-order valence-corrected chi connectivity index (χ3v) is 6.10. The maximum Gasteiger partial charge on any atom is 0.350 e. The maximum absolute atomic E-state index is 15.0. The zero-order valence-corrected chi connectivity index (χ0v) is 16.1. The first-order valence-electron chi connectivity index (χ1n) is 9.09. The lowest BCUT2D eigenvalue weighted by Gasteiger charge is -2.28. The number of fused-ring (bicyclic) bond motifs is 1. The summed E-state index contributed by atoms with van der Waals surface area (Å²) in [5, 5.41) is 0.104. The Balaban J connectivity index is 1.94. The Kier molecular flexibility index (Phi) is 4.05. The van der Waals surface area contributed by atoms with Crippen LogP contribution in [0.3, 0.4) is 0 Å². The van der Waals surface area contributed by atoms with E-state index in [4.69, 9.17) is 23.2 Å². The summed E-state index contributed by atoms with van der Waals surface area (Å²) in [5.41, 5.74) is 4.94. The molecule has 4 rings (SSSR count). The van der Waals surface area contributed by atoms with Crippen LogP contribution < -0.4 is 27.7 Å². The number of rotatable bonds is 3. The Morgan fingerprint density at radius 3 is 2.48 bits per heavy atom.